The fourth-order valence-electron chi connectivity index (χ4n) is 2.63. The quantitative estimate of drug-likeness (QED) is 0.889. The van der Waals surface area contributed by atoms with Crippen molar-refractivity contribution in [2.75, 3.05) is 6.54 Å². The maximum absolute atomic E-state index is 5.78. The molecule has 1 saturated carbocycles. The summed E-state index contributed by atoms with van der Waals surface area (Å²) in [7, 11) is 0. The van der Waals surface area contributed by atoms with Crippen LogP contribution < -0.4 is 5.73 Å². The van der Waals surface area contributed by atoms with Crippen molar-refractivity contribution >= 4 is 0 Å². The number of hydrogen-bond donors (Lipinski definition) is 1. The summed E-state index contributed by atoms with van der Waals surface area (Å²) in [6, 6.07) is 2.09. The lowest BCUT2D eigenvalue weighted by Crippen LogP contribution is -2.27. The molecule has 2 rings (SSSR count). The van der Waals surface area contributed by atoms with E-state index < -0.39 is 0 Å². The SMILES string of the molecule is CC(C)(CN)Cc1nccc(C2CCCCC2)n1. The maximum atomic E-state index is 5.78. The van der Waals surface area contributed by atoms with E-state index in [-0.39, 0.29) is 5.41 Å². The summed E-state index contributed by atoms with van der Waals surface area (Å²) in [6.45, 7) is 5.01. The Labute approximate surface area is 110 Å². The second-order valence-corrected chi connectivity index (χ2v) is 6.28. The first kappa shape index (κ1) is 13.5. The van der Waals surface area contributed by atoms with Crippen LogP contribution in [0.3, 0.4) is 0 Å². The Morgan fingerprint density at radius 2 is 2.00 bits per heavy atom. The van der Waals surface area contributed by atoms with Crippen LogP contribution in [0.25, 0.3) is 0 Å². The lowest BCUT2D eigenvalue weighted by Gasteiger charge is -2.23. The molecule has 1 heterocycles. The van der Waals surface area contributed by atoms with Crippen molar-refractivity contribution in [2.24, 2.45) is 11.1 Å². The minimum absolute atomic E-state index is 0.0885. The van der Waals surface area contributed by atoms with E-state index in [9.17, 15) is 0 Å². The summed E-state index contributed by atoms with van der Waals surface area (Å²) in [5.74, 6) is 1.61. The highest BCUT2D eigenvalue weighted by molar-refractivity contribution is 5.10. The molecule has 3 nitrogen and oxygen atoms in total. The van der Waals surface area contributed by atoms with Gasteiger partial charge in [-0.1, -0.05) is 33.1 Å². The van der Waals surface area contributed by atoms with Crippen molar-refractivity contribution in [3.8, 4) is 0 Å². The summed E-state index contributed by atoms with van der Waals surface area (Å²) >= 11 is 0. The molecule has 3 heteroatoms. The standard InChI is InChI=1S/C15H25N3/c1-15(2,11-16)10-14-17-9-8-13(18-14)12-6-4-3-5-7-12/h8-9,12H,3-7,10-11,16H2,1-2H3. The van der Waals surface area contributed by atoms with Crippen LogP contribution >= 0.6 is 0 Å². The number of hydrogen-bond acceptors (Lipinski definition) is 3. The molecule has 1 aromatic heterocycles. The average molecular weight is 247 g/mol. The number of rotatable bonds is 4. The number of aromatic nitrogens is 2. The van der Waals surface area contributed by atoms with E-state index in [0.717, 1.165) is 12.2 Å². The third kappa shape index (κ3) is 3.52. The van der Waals surface area contributed by atoms with Gasteiger partial charge in [-0.3, -0.25) is 0 Å². The van der Waals surface area contributed by atoms with Crippen LogP contribution in [0.2, 0.25) is 0 Å². The van der Waals surface area contributed by atoms with Gasteiger partial charge in [-0.2, -0.15) is 0 Å². The van der Waals surface area contributed by atoms with Crippen LogP contribution in [0, 0.1) is 5.41 Å². The Bertz CT molecular complexity index is 381. The molecule has 1 fully saturated rings. The molecule has 1 aromatic rings. The minimum atomic E-state index is 0.0885. The number of nitrogens with two attached hydrogens (primary N) is 1. The van der Waals surface area contributed by atoms with E-state index in [1.54, 1.807) is 0 Å². The van der Waals surface area contributed by atoms with E-state index in [2.05, 4.69) is 24.9 Å². The van der Waals surface area contributed by atoms with Gasteiger partial charge in [0.15, 0.2) is 0 Å². The molecule has 0 saturated heterocycles. The highest BCUT2D eigenvalue weighted by Crippen LogP contribution is 2.31. The molecule has 0 aromatic carbocycles. The highest BCUT2D eigenvalue weighted by Gasteiger charge is 2.20. The summed E-state index contributed by atoms with van der Waals surface area (Å²) in [5.41, 5.74) is 7.11. The third-order valence-corrected chi connectivity index (χ3v) is 3.94. The molecular weight excluding hydrogens is 222 g/mol. The molecule has 0 radical (unpaired) electrons. The second kappa shape index (κ2) is 5.79. The van der Waals surface area contributed by atoms with Gasteiger partial charge in [0.1, 0.15) is 5.82 Å². The predicted molar refractivity (Wildman–Crippen MR) is 74.4 cm³/mol. The molecule has 0 spiro atoms. The first-order chi connectivity index (χ1) is 8.61. The molecule has 0 amide bonds. The Morgan fingerprint density at radius 1 is 1.28 bits per heavy atom. The van der Waals surface area contributed by atoms with Gasteiger partial charge < -0.3 is 5.73 Å². The van der Waals surface area contributed by atoms with E-state index in [0.29, 0.717) is 12.5 Å². The first-order valence-corrected chi connectivity index (χ1v) is 7.13. The van der Waals surface area contributed by atoms with Gasteiger partial charge in [0.25, 0.3) is 0 Å². The van der Waals surface area contributed by atoms with Crippen LogP contribution in [0.4, 0.5) is 0 Å². The van der Waals surface area contributed by atoms with Crippen LogP contribution in [0.15, 0.2) is 12.3 Å². The molecule has 18 heavy (non-hydrogen) atoms. The lowest BCUT2D eigenvalue weighted by atomic mass is 9.86. The topological polar surface area (TPSA) is 51.8 Å². The van der Waals surface area contributed by atoms with Gasteiger partial charge in [-0.05, 0) is 30.9 Å². The Kier molecular flexibility index (Phi) is 4.33. The molecule has 1 aliphatic rings. The normalized spacial score (nSPS) is 17.9. The van der Waals surface area contributed by atoms with Crippen molar-refractivity contribution < 1.29 is 0 Å². The average Bonchev–Trinajstić information content (AvgIpc) is 2.40. The molecule has 0 unspecified atom stereocenters. The maximum Gasteiger partial charge on any atom is 0.129 e. The Balaban J connectivity index is 2.09. The monoisotopic (exact) mass is 247 g/mol. The van der Waals surface area contributed by atoms with Gasteiger partial charge in [0.05, 0.1) is 0 Å². The highest BCUT2D eigenvalue weighted by atomic mass is 14.9. The summed E-state index contributed by atoms with van der Waals surface area (Å²) in [5, 5.41) is 0. The van der Waals surface area contributed by atoms with Crippen molar-refractivity contribution in [1.82, 2.24) is 9.97 Å². The predicted octanol–water partition coefficient (Wildman–Crippen LogP) is 3.05. The van der Waals surface area contributed by atoms with E-state index in [4.69, 9.17) is 10.7 Å². The fraction of sp³-hybridized carbons (Fsp3) is 0.733. The summed E-state index contributed by atoms with van der Waals surface area (Å²) in [6.07, 6.45) is 9.43. The summed E-state index contributed by atoms with van der Waals surface area (Å²) in [4.78, 5) is 9.16. The molecule has 0 bridgehead atoms. The van der Waals surface area contributed by atoms with Crippen molar-refractivity contribution in [3.05, 3.63) is 23.8 Å². The minimum Gasteiger partial charge on any atom is -0.330 e. The summed E-state index contributed by atoms with van der Waals surface area (Å²) < 4.78 is 0. The molecule has 100 valence electrons. The Morgan fingerprint density at radius 3 is 2.67 bits per heavy atom. The van der Waals surface area contributed by atoms with Crippen molar-refractivity contribution in [1.29, 1.82) is 0 Å². The van der Waals surface area contributed by atoms with Crippen LogP contribution in [0.1, 0.15) is 63.4 Å². The van der Waals surface area contributed by atoms with Crippen LogP contribution in [-0.2, 0) is 6.42 Å². The Hall–Kier alpha value is -0.960. The lowest BCUT2D eigenvalue weighted by molar-refractivity contribution is 0.365. The zero-order chi connectivity index (χ0) is 13.0. The van der Waals surface area contributed by atoms with Crippen molar-refractivity contribution in [2.45, 2.75) is 58.3 Å². The van der Waals surface area contributed by atoms with Gasteiger partial charge in [-0.15, -0.1) is 0 Å². The van der Waals surface area contributed by atoms with Crippen LogP contribution in [0.5, 0.6) is 0 Å². The van der Waals surface area contributed by atoms with Gasteiger partial charge in [-0.25, -0.2) is 9.97 Å². The van der Waals surface area contributed by atoms with Gasteiger partial charge in [0, 0.05) is 24.2 Å². The third-order valence-electron chi connectivity index (χ3n) is 3.94. The second-order valence-electron chi connectivity index (χ2n) is 6.28. The van der Waals surface area contributed by atoms with Gasteiger partial charge >= 0.3 is 0 Å². The fourth-order valence-corrected chi connectivity index (χ4v) is 2.63. The van der Waals surface area contributed by atoms with Crippen LogP contribution in [-0.4, -0.2) is 16.5 Å². The zero-order valence-electron chi connectivity index (χ0n) is 11.7. The van der Waals surface area contributed by atoms with E-state index >= 15 is 0 Å². The molecule has 2 N–H and O–H groups in total. The smallest absolute Gasteiger partial charge is 0.129 e. The zero-order valence-corrected chi connectivity index (χ0v) is 11.7. The first-order valence-electron chi connectivity index (χ1n) is 7.13. The van der Waals surface area contributed by atoms with E-state index in [1.807, 2.05) is 6.20 Å². The molecular formula is C15H25N3. The molecule has 0 atom stereocenters. The largest absolute Gasteiger partial charge is 0.330 e. The molecule has 1 aliphatic carbocycles. The van der Waals surface area contributed by atoms with Gasteiger partial charge in [0.2, 0.25) is 0 Å². The molecule has 0 aliphatic heterocycles. The number of nitrogens with zero attached hydrogens (tertiary/aromatic N) is 2. The van der Waals surface area contributed by atoms with Crippen molar-refractivity contribution in [3.63, 3.8) is 0 Å². The van der Waals surface area contributed by atoms with E-state index in [1.165, 1.54) is 37.8 Å².